The van der Waals surface area contributed by atoms with Crippen molar-refractivity contribution in [2.45, 2.75) is 38.8 Å². The van der Waals surface area contributed by atoms with Crippen molar-refractivity contribution in [3.8, 4) is 5.75 Å². The monoisotopic (exact) mass is 404 g/mol. The molecule has 0 aliphatic heterocycles. The van der Waals surface area contributed by atoms with Crippen LogP contribution in [-0.4, -0.2) is 33.7 Å². The minimum absolute atomic E-state index is 0.218. The van der Waals surface area contributed by atoms with Crippen LogP contribution in [0, 0.1) is 0 Å². The third-order valence-electron chi connectivity index (χ3n) is 4.58. The predicted octanol–water partition coefficient (Wildman–Crippen LogP) is 3.51. The zero-order chi connectivity index (χ0) is 20.7. The largest absolute Gasteiger partial charge is 0.497 e. The molecule has 0 aliphatic rings. The number of rotatable bonds is 9. The maximum atomic E-state index is 13.1. The van der Waals surface area contributed by atoms with E-state index in [9.17, 15) is 13.2 Å². The molecule has 2 aromatic carbocycles. The number of carbonyl (C=O) groups excluding carboxylic acids is 1. The zero-order valence-electron chi connectivity index (χ0n) is 16.8. The van der Waals surface area contributed by atoms with Crippen molar-refractivity contribution in [3.05, 3.63) is 60.2 Å². The fourth-order valence-electron chi connectivity index (χ4n) is 3.16. The van der Waals surface area contributed by atoms with Crippen molar-refractivity contribution in [1.82, 2.24) is 5.32 Å². The van der Waals surface area contributed by atoms with E-state index in [-0.39, 0.29) is 11.9 Å². The number of hydrogen-bond acceptors (Lipinski definition) is 4. The van der Waals surface area contributed by atoms with E-state index in [1.165, 1.54) is 4.31 Å². The van der Waals surface area contributed by atoms with Gasteiger partial charge in [0.2, 0.25) is 15.9 Å². The minimum atomic E-state index is -3.63. The molecule has 0 heterocycles. The number of carbonyl (C=O) groups is 1. The highest BCUT2D eigenvalue weighted by Gasteiger charge is 2.32. The summed E-state index contributed by atoms with van der Waals surface area (Å²) in [5.41, 5.74) is 1.42. The van der Waals surface area contributed by atoms with Gasteiger partial charge in [-0.15, -0.1) is 0 Å². The molecule has 0 unspecified atom stereocenters. The van der Waals surface area contributed by atoms with Crippen LogP contribution in [0.3, 0.4) is 0 Å². The number of nitrogens with zero attached hydrogens (tertiary/aromatic N) is 1. The van der Waals surface area contributed by atoms with Gasteiger partial charge >= 0.3 is 0 Å². The third-order valence-corrected chi connectivity index (χ3v) is 5.76. The van der Waals surface area contributed by atoms with Crippen molar-refractivity contribution < 1.29 is 17.9 Å². The molecule has 1 amide bonds. The van der Waals surface area contributed by atoms with Gasteiger partial charge in [-0.1, -0.05) is 44.2 Å². The molecule has 0 fully saturated rings. The molecule has 28 heavy (non-hydrogen) atoms. The molecular formula is C21H28N2O4S. The van der Waals surface area contributed by atoms with E-state index in [1.54, 1.807) is 38.3 Å². The van der Waals surface area contributed by atoms with Crippen LogP contribution in [0.5, 0.6) is 5.75 Å². The molecular weight excluding hydrogens is 376 g/mol. The number of methoxy groups -OCH3 is 1. The van der Waals surface area contributed by atoms with Crippen molar-refractivity contribution in [3.63, 3.8) is 0 Å². The Morgan fingerprint density at radius 1 is 1.04 bits per heavy atom. The quantitative estimate of drug-likeness (QED) is 0.694. The molecule has 2 rings (SSSR count). The van der Waals surface area contributed by atoms with Crippen LogP contribution in [0.1, 0.15) is 38.3 Å². The Hall–Kier alpha value is -2.54. The van der Waals surface area contributed by atoms with E-state index in [4.69, 9.17) is 4.74 Å². The fourth-order valence-corrected chi connectivity index (χ4v) is 4.37. The van der Waals surface area contributed by atoms with E-state index < -0.39 is 16.1 Å². The molecule has 0 bridgehead atoms. The SMILES string of the molecule is CC[C@H](NC(=O)[C@@H](CC)N(c1ccccc1)S(C)(=O)=O)c1ccc(OC)cc1. The highest BCUT2D eigenvalue weighted by Crippen LogP contribution is 2.24. The Morgan fingerprint density at radius 2 is 1.64 bits per heavy atom. The van der Waals surface area contributed by atoms with Gasteiger partial charge in [-0.25, -0.2) is 8.42 Å². The summed E-state index contributed by atoms with van der Waals surface area (Å²) in [6, 6.07) is 15.1. The standard InChI is InChI=1S/C21H28N2O4S/c1-5-19(16-12-14-18(27-3)15-13-16)22-21(24)20(6-2)23(28(4,25)26)17-10-8-7-9-11-17/h7-15,19-20H,5-6H2,1-4H3,(H,22,24)/t19-,20+/m0/s1. The number of ether oxygens (including phenoxy) is 1. The van der Waals surface area contributed by atoms with Gasteiger partial charge in [0.05, 0.1) is 25.1 Å². The lowest BCUT2D eigenvalue weighted by atomic mass is 10.0. The summed E-state index contributed by atoms with van der Waals surface area (Å²) >= 11 is 0. The molecule has 1 N–H and O–H groups in total. The second kappa shape index (κ2) is 9.59. The van der Waals surface area contributed by atoms with Gasteiger partial charge in [0.15, 0.2) is 0 Å². The molecule has 0 spiro atoms. The topological polar surface area (TPSA) is 75.7 Å². The average Bonchev–Trinajstić information content (AvgIpc) is 2.69. The Kier molecular flexibility index (Phi) is 7.45. The lowest BCUT2D eigenvalue weighted by Crippen LogP contribution is -2.50. The third kappa shape index (κ3) is 5.25. The number of benzene rings is 2. The number of anilines is 1. The van der Waals surface area contributed by atoms with Gasteiger partial charge in [-0.05, 0) is 42.7 Å². The lowest BCUT2D eigenvalue weighted by molar-refractivity contribution is -0.123. The molecule has 6 nitrogen and oxygen atoms in total. The zero-order valence-corrected chi connectivity index (χ0v) is 17.6. The molecule has 0 aromatic heterocycles. The molecule has 152 valence electrons. The van der Waals surface area contributed by atoms with Crippen LogP contribution in [-0.2, 0) is 14.8 Å². The normalized spacial score (nSPS) is 13.4. The summed E-state index contributed by atoms with van der Waals surface area (Å²) < 4.78 is 31.3. The Bertz CT molecular complexity index is 867. The van der Waals surface area contributed by atoms with Crippen molar-refractivity contribution >= 4 is 21.6 Å². The van der Waals surface area contributed by atoms with Crippen molar-refractivity contribution in [1.29, 1.82) is 0 Å². The molecule has 0 aliphatic carbocycles. The predicted molar refractivity (Wildman–Crippen MR) is 112 cm³/mol. The molecule has 0 radical (unpaired) electrons. The van der Waals surface area contributed by atoms with E-state index >= 15 is 0 Å². The molecule has 2 atom stereocenters. The maximum absolute atomic E-state index is 13.1. The van der Waals surface area contributed by atoms with Gasteiger partial charge in [0.25, 0.3) is 0 Å². The molecule has 0 saturated heterocycles. The summed E-state index contributed by atoms with van der Waals surface area (Å²) in [5.74, 6) is 0.420. The number of amides is 1. The van der Waals surface area contributed by atoms with Crippen molar-refractivity contribution in [2.24, 2.45) is 0 Å². The first-order valence-corrected chi connectivity index (χ1v) is 11.1. The van der Waals surface area contributed by atoms with Gasteiger partial charge in [-0.2, -0.15) is 0 Å². The van der Waals surface area contributed by atoms with E-state index in [2.05, 4.69) is 5.32 Å². The highest BCUT2D eigenvalue weighted by atomic mass is 32.2. The average molecular weight is 405 g/mol. The van der Waals surface area contributed by atoms with Crippen molar-refractivity contribution in [2.75, 3.05) is 17.7 Å². The lowest BCUT2D eigenvalue weighted by Gasteiger charge is -2.31. The van der Waals surface area contributed by atoms with Gasteiger partial charge in [0.1, 0.15) is 11.8 Å². The summed E-state index contributed by atoms with van der Waals surface area (Å²) in [4.78, 5) is 13.1. The van der Waals surface area contributed by atoms with Gasteiger partial charge in [-0.3, -0.25) is 9.10 Å². The highest BCUT2D eigenvalue weighted by molar-refractivity contribution is 7.92. The minimum Gasteiger partial charge on any atom is -0.497 e. The van der Waals surface area contributed by atoms with E-state index in [0.717, 1.165) is 17.6 Å². The molecule has 2 aromatic rings. The van der Waals surface area contributed by atoms with Gasteiger partial charge < -0.3 is 10.1 Å². The Balaban J connectivity index is 2.29. The molecule has 0 saturated carbocycles. The summed E-state index contributed by atoms with van der Waals surface area (Å²) in [6.07, 6.45) is 2.16. The first-order valence-electron chi connectivity index (χ1n) is 9.30. The van der Waals surface area contributed by atoms with Crippen LogP contribution in [0.2, 0.25) is 0 Å². The first-order chi connectivity index (χ1) is 13.3. The number of nitrogens with one attached hydrogen (secondary N) is 1. The van der Waals surface area contributed by atoms with Gasteiger partial charge in [0, 0.05) is 0 Å². The Labute approximate surface area is 167 Å². The van der Waals surface area contributed by atoms with E-state index in [1.807, 2.05) is 37.3 Å². The molecule has 7 heteroatoms. The van der Waals surface area contributed by atoms with Crippen LogP contribution in [0.25, 0.3) is 0 Å². The van der Waals surface area contributed by atoms with Crippen LogP contribution in [0.4, 0.5) is 5.69 Å². The van der Waals surface area contributed by atoms with Crippen LogP contribution < -0.4 is 14.4 Å². The van der Waals surface area contributed by atoms with E-state index in [0.29, 0.717) is 18.5 Å². The van der Waals surface area contributed by atoms with Crippen LogP contribution >= 0.6 is 0 Å². The number of para-hydroxylation sites is 1. The summed E-state index contributed by atoms with van der Waals surface area (Å²) in [7, 11) is -2.03. The first kappa shape index (κ1) is 21.8. The number of hydrogen-bond donors (Lipinski definition) is 1. The van der Waals surface area contributed by atoms with Crippen LogP contribution in [0.15, 0.2) is 54.6 Å². The number of sulfonamides is 1. The maximum Gasteiger partial charge on any atom is 0.244 e. The summed E-state index contributed by atoms with van der Waals surface area (Å²) in [5, 5.41) is 3.01. The smallest absolute Gasteiger partial charge is 0.244 e. The second-order valence-electron chi connectivity index (χ2n) is 6.56. The summed E-state index contributed by atoms with van der Waals surface area (Å²) in [6.45, 7) is 3.78. The fraction of sp³-hybridized carbons (Fsp3) is 0.381. The Morgan fingerprint density at radius 3 is 2.11 bits per heavy atom. The second-order valence-corrected chi connectivity index (χ2v) is 8.42.